The minimum Gasteiger partial charge on any atom is -0.297 e. The summed E-state index contributed by atoms with van der Waals surface area (Å²) in [5.41, 5.74) is 3.07. The van der Waals surface area contributed by atoms with Gasteiger partial charge in [-0.05, 0) is 35.7 Å². The van der Waals surface area contributed by atoms with Crippen LogP contribution in [0.3, 0.4) is 0 Å². The Morgan fingerprint density at radius 1 is 0.806 bits per heavy atom. The van der Waals surface area contributed by atoms with Gasteiger partial charge < -0.3 is 0 Å². The number of hydrogen-bond acceptors (Lipinski definition) is 5. The van der Waals surface area contributed by atoms with E-state index < -0.39 is 5.54 Å². The van der Waals surface area contributed by atoms with Gasteiger partial charge in [-0.1, -0.05) is 48.5 Å². The number of carbonyl (C=O) groups excluding carboxylic acids is 2. The lowest BCUT2D eigenvalue weighted by Crippen LogP contribution is -2.60. The largest absolute Gasteiger partial charge is 0.297 e. The van der Waals surface area contributed by atoms with Crippen LogP contribution in [-0.4, -0.2) is 52.5 Å². The highest BCUT2D eigenvalue weighted by Gasteiger charge is 2.58. The third-order valence-electron chi connectivity index (χ3n) is 6.67. The van der Waals surface area contributed by atoms with E-state index in [1.54, 1.807) is 36.7 Å². The summed E-state index contributed by atoms with van der Waals surface area (Å²) in [5, 5.41) is 0. The first-order valence-electron chi connectivity index (χ1n) is 10.7. The van der Waals surface area contributed by atoms with Crippen LogP contribution < -0.4 is 0 Å². The predicted octanol–water partition coefficient (Wildman–Crippen LogP) is 3.48. The van der Waals surface area contributed by atoms with Crippen LogP contribution in [0.5, 0.6) is 0 Å². The molecule has 3 aromatic rings. The molecule has 1 saturated heterocycles. The van der Waals surface area contributed by atoms with E-state index in [1.165, 1.54) is 11.1 Å². The number of fused-ring (bicyclic) bond motifs is 1. The van der Waals surface area contributed by atoms with Gasteiger partial charge in [0.05, 0.1) is 0 Å². The van der Waals surface area contributed by atoms with E-state index >= 15 is 0 Å². The summed E-state index contributed by atoms with van der Waals surface area (Å²) in [7, 11) is 0. The van der Waals surface area contributed by atoms with E-state index in [0.29, 0.717) is 29.8 Å². The predicted molar refractivity (Wildman–Crippen MR) is 119 cm³/mol. The lowest BCUT2D eigenvalue weighted by Gasteiger charge is -2.44. The lowest BCUT2D eigenvalue weighted by atomic mass is 9.83. The maximum absolute atomic E-state index is 13.7. The number of piperazine rings is 1. The first-order valence-corrected chi connectivity index (χ1v) is 10.7. The Balaban J connectivity index is 1.46. The molecule has 5 heteroatoms. The SMILES string of the molecule is Cc1ccccc1CN1CCN(C2(c3ccncc3)C(=O)c3ccccc3C2=O)CC1. The van der Waals surface area contributed by atoms with Gasteiger partial charge in [0.25, 0.3) is 0 Å². The Kier molecular flexibility index (Phi) is 5.00. The van der Waals surface area contributed by atoms with Crippen LogP contribution in [-0.2, 0) is 12.1 Å². The van der Waals surface area contributed by atoms with E-state index in [0.717, 1.165) is 19.6 Å². The molecule has 0 radical (unpaired) electrons. The van der Waals surface area contributed by atoms with E-state index in [2.05, 4.69) is 46.0 Å². The molecule has 5 nitrogen and oxygen atoms in total. The van der Waals surface area contributed by atoms with E-state index in [9.17, 15) is 9.59 Å². The Labute approximate surface area is 182 Å². The van der Waals surface area contributed by atoms with Crippen LogP contribution in [0, 0.1) is 6.92 Å². The molecular formula is C26H25N3O2. The molecule has 1 fully saturated rings. The van der Waals surface area contributed by atoms with Crippen LogP contribution in [0.15, 0.2) is 73.1 Å². The Morgan fingerprint density at radius 3 is 2.00 bits per heavy atom. The smallest absolute Gasteiger partial charge is 0.196 e. The Morgan fingerprint density at radius 2 is 1.39 bits per heavy atom. The van der Waals surface area contributed by atoms with Crippen molar-refractivity contribution in [2.45, 2.75) is 19.0 Å². The summed E-state index contributed by atoms with van der Waals surface area (Å²) in [4.78, 5) is 36.1. The zero-order chi connectivity index (χ0) is 21.4. The number of nitrogens with zero attached hydrogens (tertiary/aromatic N) is 3. The normalized spacial score (nSPS) is 18.9. The molecule has 2 aromatic carbocycles. The molecule has 1 aromatic heterocycles. The Bertz CT molecular complexity index is 1100. The summed E-state index contributed by atoms with van der Waals surface area (Å²) in [6, 6.07) is 19.2. The number of rotatable bonds is 4. The Hall–Kier alpha value is -3.15. The first-order chi connectivity index (χ1) is 15.1. The fourth-order valence-electron chi connectivity index (χ4n) is 4.97. The van der Waals surface area contributed by atoms with Crippen molar-refractivity contribution in [1.82, 2.24) is 14.8 Å². The molecule has 0 bridgehead atoms. The zero-order valence-electron chi connectivity index (χ0n) is 17.6. The average Bonchev–Trinajstić information content (AvgIpc) is 3.04. The molecule has 5 rings (SSSR count). The number of carbonyl (C=O) groups is 2. The molecule has 0 unspecified atom stereocenters. The quantitative estimate of drug-likeness (QED) is 0.616. The van der Waals surface area contributed by atoms with Crippen LogP contribution in [0.25, 0.3) is 0 Å². The number of Topliss-reactive ketones (excluding diaryl/α,β-unsaturated/α-hetero) is 2. The standard InChI is InChI=1S/C26H25N3O2/c1-19-6-2-3-7-20(19)18-28-14-16-29(17-15-28)26(21-10-12-27-13-11-21)24(30)22-8-4-5-9-23(22)25(26)31/h2-13H,14-18H2,1H3. The molecule has 0 N–H and O–H groups in total. The third kappa shape index (κ3) is 3.12. The van der Waals surface area contributed by atoms with Crippen LogP contribution >= 0.6 is 0 Å². The maximum atomic E-state index is 13.7. The van der Waals surface area contributed by atoms with Gasteiger partial charge in [0.2, 0.25) is 0 Å². The van der Waals surface area contributed by atoms with E-state index in [-0.39, 0.29) is 11.6 Å². The number of pyridine rings is 1. The summed E-state index contributed by atoms with van der Waals surface area (Å²) in [5.74, 6) is -0.238. The van der Waals surface area contributed by atoms with Crippen molar-refractivity contribution < 1.29 is 9.59 Å². The van der Waals surface area contributed by atoms with Crippen molar-refractivity contribution >= 4 is 11.6 Å². The average molecular weight is 412 g/mol. The highest BCUT2D eigenvalue weighted by Crippen LogP contribution is 2.42. The molecule has 31 heavy (non-hydrogen) atoms. The summed E-state index contributed by atoms with van der Waals surface area (Å²) in [6.07, 6.45) is 3.32. The molecule has 1 aliphatic carbocycles. The molecule has 0 saturated carbocycles. The van der Waals surface area contributed by atoms with Crippen molar-refractivity contribution in [2.75, 3.05) is 26.2 Å². The molecule has 0 spiro atoms. The molecule has 2 aliphatic rings. The highest BCUT2D eigenvalue weighted by molar-refractivity contribution is 6.32. The van der Waals surface area contributed by atoms with Gasteiger partial charge in [0.15, 0.2) is 17.1 Å². The van der Waals surface area contributed by atoms with Gasteiger partial charge in [-0.25, -0.2) is 0 Å². The van der Waals surface area contributed by atoms with Gasteiger partial charge in [0.1, 0.15) is 0 Å². The third-order valence-corrected chi connectivity index (χ3v) is 6.67. The first kappa shape index (κ1) is 19.8. The minimum absolute atomic E-state index is 0.119. The van der Waals surface area contributed by atoms with Crippen LogP contribution in [0.1, 0.15) is 37.4 Å². The second-order valence-electron chi connectivity index (χ2n) is 8.34. The number of hydrogen-bond donors (Lipinski definition) is 0. The number of benzene rings is 2. The molecule has 2 heterocycles. The van der Waals surface area contributed by atoms with Crippen LogP contribution in [0.4, 0.5) is 0 Å². The molecule has 0 amide bonds. The molecule has 0 atom stereocenters. The van der Waals surface area contributed by atoms with Gasteiger partial charge in [-0.2, -0.15) is 0 Å². The number of aromatic nitrogens is 1. The van der Waals surface area contributed by atoms with Crippen molar-refractivity contribution in [3.8, 4) is 0 Å². The van der Waals surface area contributed by atoms with Gasteiger partial charge in [-0.15, -0.1) is 0 Å². The second-order valence-corrected chi connectivity index (χ2v) is 8.34. The summed E-state index contributed by atoms with van der Waals surface area (Å²) >= 11 is 0. The molecular weight excluding hydrogens is 386 g/mol. The molecule has 156 valence electrons. The van der Waals surface area contributed by atoms with E-state index in [1.807, 2.05) is 12.1 Å². The summed E-state index contributed by atoms with van der Waals surface area (Å²) in [6.45, 7) is 5.93. The molecule has 1 aliphatic heterocycles. The monoisotopic (exact) mass is 411 g/mol. The van der Waals surface area contributed by atoms with Crippen molar-refractivity contribution in [1.29, 1.82) is 0 Å². The van der Waals surface area contributed by atoms with Crippen molar-refractivity contribution in [3.63, 3.8) is 0 Å². The zero-order valence-corrected chi connectivity index (χ0v) is 17.6. The van der Waals surface area contributed by atoms with Gasteiger partial charge >= 0.3 is 0 Å². The van der Waals surface area contributed by atoms with Gasteiger partial charge in [-0.3, -0.25) is 24.4 Å². The van der Waals surface area contributed by atoms with Crippen molar-refractivity contribution in [3.05, 3.63) is 101 Å². The van der Waals surface area contributed by atoms with Gasteiger partial charge in [0, 0.05) is 56.2 Å². The second kappa shape index (κ2) is 7.84. The van der Waals surface area contributed by atoms with Crippen LogP contribution in [0.2, 0.25) is 0 Å². The summed E-state index contributed by atoms with van der Waals surface area (Å²) < 4.78 is 0. The van der Waals surface area contributed by atoms with E-state index in [4.69, 9.17) is 0 Å². The number of ketones is 2. The topological polar surface area (TPSA) is 53.5 Å². The lowest BCUT2D eigenvalue weighted by molar-refractivity contribution is 0.0279. The van der Waals surface area contributed by atoms with Crippen molar-refractivity contribution in [2.24, 2.45) is 0 Å². The number of aryl methyl sites for hydroxylation is 1. The fraction of sp³-hybridized carbons (Fsp3) is 0.269. The highest BCUT2D eigenvalue weighted by atomic mass is 16.2. The maximum Gasteiger partial charge on any atom is 0.196 e. The fourth-order valence-corrected chi connectivity index (χ4v) is 4.97. The minimum atomic E-state index is -1.29.